The van der Waals surface area contributed by atoms with Crippen molar-refractivity contribution in [2.24, 2.45) is 0 Å². The van der Waals surface area contributed by atoms with Crippen molar-refractivity contribution in [2.75, 3.05) is 6.61 Å². The third-order valence-electron chi connectivity index (χ3n) is 1.03. The normalized spacial score (nSPS) is 9.82. The summed E-state index contributed by atoms with van der Waals surface area (Å²) in [6.45, 7) is 9.33. The van der Waals surface area contributed by atoms with Gasteiger partial charge in [-0.2, -0.15) is 0 Å². The maximum atomic E-state index is 5.47. The zero-order valence-electron chi connectivity index (χ0n) is 11.0. The Morgan fingerprint density at radius 1 is 1.18 bits per heavy atom. The summed E-state index contributed by atoms with van der Waals surface area (Å²) in [6, 6.07) is 0. The van der Waals surface area contributed by atoms with Gasteiger partial charge in [0.15, 0.2) is 0 Å². The first-order chi connectivity index (χ1) is 4.06. The molecule has 0 aliphatic heterocycles. The second-order valence-corrected chi connectivity index (χ2v) is 3.31. The summed E-state index contributed by atoms with van der Waals surface area (Å²) in [5.41, 5.74) is 0.0508. The van der Waals surface area contributed by atoms with Crippen molar-refractivity contribution in [3.63, 3.8) is 0 Å². The van der Waals surface area contributed by atoms with Gasteiger partial charge >= 0.3 is 37.7 Å². The number of hydrogen-bond acceptors (Lipinski definition) is 1. The van der Waals surface area contributed by atoms with Gasteiger partial charge in [-0.15, -0.1) is 0 Å². The minimum Gasteiger partial charge on any atom is -1.00 e. The standard InChI is InChI=1S/C8H18O.2Li.2H/c1-5-6-7-9-8(2,3)4;;;;/h5-7H2,1-4H3;;;;/q;2*+1;2*-1. The summed E-state index contributed by atoms with van der Waals surface area (Å²) < 4.78 is 5.47. The van der Waals surface area contributed by atoms with Gasteiger partial charge in [-0.1, -0.05) is 13.3 Å². The number of hydrogen-bond donors (Lipinski definition) is 0. The molecule has 0 radical (unpaired) electrons. The molecule has 0 saturated heterocycles. The zero-order chi connectivity index (χ0) is 7.33. The van der Waals surface area contributed by atoms with Crippen molar-refractivity contribution in [1.82, 2.24) is 0 Å². The van der Waals surface area contributed by atoms with Crippen molar-refractivity contribution >= 4 is 0 Å². The van der Waals surface area contributed by atoms with Crippen LogP contribution in [0.5, 0.6) is 0 Å². The maximum Gasteiger partial charge on any atom is 1.00 e. The van der Waals surface area contributed by atoms with Crippen molar-refractivity contribution in [3.05, 3.63) is 0 Å². The van der Waals surface area contributed by atoms with Gasteiger partial charge in [0, 0.05) is 6.61 Å². The molecule has 0 aromatic carbocycles. The first-order valence-electron chi connectivity index (χ1n) is 3.70. The molecule has 0 saturated carbocycles. The van der Waals surface area contributed by atoms with Crippen LogP contribution in [0.4, 0.5) is 0 Å². The average molecular weight is 146 g/mol. The van der Waals surface area contributed by atoms with E-state index in [1.165, 1.54) is 12.8 Å². The number of rotatable bonds is 3. The van der Waals surface area contributed by atoms with Crippen LogP contribution >= 0.6 is 0 Å². The first kappa shape index (κ1) is 18.0. The zero-order valence-corrected chi connectivity index (χ0v) is 9.03. The molecule has 0 spiro atoms. The molecule has 3 heteroatoms. The molecule has 0 aromatic heterocycles. The van der Waals surface area contributed by atoms with E-state index in [0.717, 1.165) is 6.61 Å². The van der Waals surface area contributed by atoms with Crippen molar-refractivity contribution < 1.29 is 45.3 Å². The molecule has 0 aliphatic carbocycles. The molecule has 0 atom stereocenters. The molecule has 1 nitrogen and oxygen atoms in total. The average Bonchev–Trinajstić information content (AvgIpc) is 1.63. The second-order valence-electron chi connectivity index (χ2n) is 3.31. The minimum absolute atomic E-state index is 0. The molecule has 0 aromatic rings. The first-order valence-corrected chi connectivity index (χ1v) is 3.70. The van der Waals surface area contributed by atoms with Crippen LogP contribution in [0, 0.1) is 0 Å². The Morgan fingerprint density at radius 2 is 1.64 bits per heavy atom. The van der Waals surface area contributed by atoms with E-state index in [9.17, 15) is 0 Å². The van der Waals surface area contributed by atoms with Crippen molar-refractivity contribution in [3.8, 4) is 0 Å². The van der Waals surface area contributed by atoms with Gasteiger partial charge in [-0.3, -0.25) is 0 Å². The smallest absolute Gasteiger partial charge is 1.00 e. The Balaban J connectivity index is -0.0000000533. The van der Waals surface area contributed by atoms with Crippen LogP contribution in [0.2, 0.25) is 0 Å². The van der Waals surface area contributed by atoms with Gasteiger partial charge in [-0.25, -0.2) is 0 Å². The molecule has 11 heavy (non-hydrogen) atoms. The minimum atomic E-state index is 0. The molecule has 0 bridgehead atoms. The summed E-state index contributed by atoms with van der Waals surface area (Å²) >= 11 is 0. The van der Waals surface area contributed by atoms with Gasteiger partial charge in [0.25, 0.3) is 0 Å². The summed E-state index contributed by atoms with van der Waals surface area (Å²) in [5, 5.41) is 0. The molecule has 0 N–H and O–H groups in total. The largest absolute Gasteiger partial charge is 1.00 e. The van der Waals surface area contributed by atoms with E-state index in [4.69, 9.17) is 4.74 Å². The van der Waals surface area contributed by atoms with Crippen LogP contribution in [0.25, 0.3) is 0 Å². The predicted molar refractivity (Wildman–Crippen MR) is 42.8 cm³/mol. The molecule has 0 aliphatic rings. The van der Waals surface area contributed by atoms with Gasteiger partial charge in [-0.05, 0) is 27.2 Å². The topological polar surface area (TPSA) is 9.23 Å². The van der Waals surface area contributed by atoms with Crippen LogP contribution in [-0.4, -0.2) is 12.2 Å². The van der Waals surface area contributed by atoms with Gasteiger partial charge in [0.2, 0.25) is 0 Å². The Hall–Kier alpha value is 1.15. The second kappa shape index (κ2) is 9.24. The van der Waals surface area contributed by atoms with Crippen molar-refractivity contribution in [1.29, 1.82) is 0 Å². The quantitative estimate of drug-likeness (QED) is 0.301. The SMILES string of the molecule is CCCCOC(C)(C)C.[H-].[H-].[Li+].[Li+]. The summed E-state index contributed by atoms with van der Waals surface area (Å²) in [6.07, 6.45) is 2.40. The van der Waals surface area contributed by atoms with Crippen LogP contribution in [0.1, 0.15) is 43.4 Å². The van der Waals surface area contributed by atoms with Crippen LogP contribution < -0.4 is 37.7 Å². The molecular weight excluding hydrogens is 126 g/mol. The van der Waals surface area contributed by atoms with E-state index < -0.39 is 0 Å². The maximum absolute atomic E-state index is 5.47. The summed E-state index contributed by atoms with van der Waals surface area (Å²) in [4.78, 5) is 0. The molecule has 0 rings (SSSR count). The fourth-order valence-corrected chi connectivity index (χ4v) is 0.523. The molecule has 0 unspecified atom stereocenters. The van der Waals surface area contributed by atoms with E-state index in [2.05, 4.69) is 27.7 Å². The summed E-state index contributed by atoms with van der Waals surface area (Å²) in [5.74, 6) is 0. The van der Waals surface area contributed by atoms with Crippen molar-refractivity contribution in [2.45, 2.75) is 46.1 Å². The fourth-order valence-electron chi connectivity index (χ4n) is 0.523. The Morgan fingerprint density at radius 3 is 1.91 bits per heavy atom. The third-order valence-corrected chi connectivity index (χ3v) is 1.03. The fraction of sp³-hybridized carbons (Fsp3) is 1.00. The van der Waals surface area contributed by atoms with Gasteiger partial charge < -0.3 is 7.59 Å². The Kier molecular flexibility index (Phi) is 15.2. The van der Waals surface area contributed by atoms with E-state index in [1.54, 1.807) is 0 Å². The van der Waals surface area contributed by atoms with Crippen LogP contribution in [0.15, 0.2) is 0 Å². The van der Waals surface area contributed by atoms with Crippen LogP contribution in [0.3, 0.4) is 0 Å². The number of ether oxygens (including phenoxy) is 1. The van der Waals surface area contributed by atoms with E-state index in [0.29, 0.717) is 0 Å². The van der Waals surface area contributed by atoms with E-state index in [-0.39, 0.29) is 46.2 Å². The molecule has 60 valence electrons. The molecule has 0 amide bonds. The molecule has 0 heterocycles. The Labute approximate surface area is 98.0 Å². The monoisotopic (exact) mass is 146 g/mol. The third kappa shape index (κ3) is 18.3. The Bertz CT molecular complexity index is 77.0. The van der Waals surface area contributed by atoms with Gasteiger partial charge in [0.05, 0.1) is 5.60 Å². The number of unbranched alkanes of at least 4 members (excludes halogenated alkanes) is 1. The molecular formula is C8H20Li2O. The van der Waals surface area contributed by atoms with E-state index in [1.807, 2.05) is 0 Å². The van der Waals surface area contributed by atoms with Gasteiger partial charge in [0.1, 0.15) is 0 Å². The van der Waals surface area contributed by atoms with E-state index >= 15 is 0 Å². The molecule has 0 fully saturated rings. The predicted octanol–water partition coefficient (Wildman–Crippen LogP) is -3.17. The summed E-state index contributed by atoms with van der Waals surface area (Å²) in [7, 11) is 0. The van der Waals surface area contributed by atoms with Crippen LogP contribution in [-0.2, 0) is 4.74 Å².